The van der Waals surface area contributed by atoms with Crippen molar-refractivity contribution in [1.82, 2.24) is 15.1 Å². The lowest BCUT2D eigenvalue weighted by Gasteiger charge is -2.17. The van der Waals surface area contributed by atoms with E-state index in [1.165, 1.54) is 0 Å². The van der Waals surface area contributed by atoms with E-state index in [2.05, 4.69) is 17.3 Å². The predicted molar refractivity (Wildman–Crippen MR) is 72.9 cm³/mol. The number of hydrogen-bond donors (Lipinski definition) is 1. The number of nitrogens with zero attached hydrogens (tertiary/aromatic N) is 2. The number of Topliss-reactive ketones (excluding diaryl/α,β-unsaturated/α-hetero) is 1. The van der Waals surface area contributed by atoms with Crippen LogP contribution in [0.25, 0.3) is 0 Å². The van der Waals surface area contributed by atoms with E-state index in [4.69, 9.17) is 4.74 Å². The number of aromatic nitrogens is 2. The summed E-state index contributed by atoms with van der Waals surface area (Å²) in [6.45, 7) is 4.29. The van der Waals surface area contributed by atoms with Gasteiger partial charge in [0.25, 0.3) is 0 Å². The van der Waals surface area contributed by atoms with Gasteiger partial charge in [-0.3, -0.25) is 9.48 Å². The van der Waals surface area contributed by atoms with Gasteiger partial charge in [0.15, 0.2) is 0 Å². The van der Waals surface area contributed by atoms with Crippen molar-refractivity contribution in [3.05, 3.63) is 18.0 Å². The number of carbonyl (C=O) groups is 1. The van der Waals surface area contributed by atoms with E-state index in [1.807, 2.05) is 17.8 Å². The Morgan fingerprint density at radius 3 is 3.11 bits per heavy atom. The van der Waals surface area contributed by atoms with Crippen molar-refractivity contribution in [2.75, 3.05) is 19.8 Å². The molecule has 0 aromatic carbocycles. The van der Waals surface area contributed by atoms with Crippen molar-refractivity contribution < 1.29 is 9.53 Å². The Kier molecular flexibility index (Phi) is 5.10. The van der Waals surface area contributed by atoms with Crippen LogP contribution in [0.2, 0.25) is 0 Å². The van der Waals surface area contributed by atoms with Crippen LogP contribution in [0.1, 0.15) is 25.5 Å². The monoisotopic (exact) mass is 265 g/mol. The zero-order chi connectivity index (χ0) is 13.7. The Morgan fingerprint density at radius 1 is 1.58 bits per heavy atom. The molecule has 1 aromatic heterocycles. The molecule has 1 aliphatic heterocycles. The average molecular weight is 265 g/mol. The highest BCUT2D eigenvalue weighted by Gasteiger charge is 2.32. The molecule has 0 aliphatic carbocycles. The molecule has 1 aromatic rings. The number of nitrogens with one attached hydrogen (secondary N) is 1. The molecular formula is C14H23N3O2. The Morgan fingerprint density at radius 2 is 2.42 bits per heavy atom. The van der Waals surface area contributed by atoms with Crippen LogP contribution in [0.4, 0.5) is 0 Å². The van der Waals surface area contributed by atoms with Crippen LogP contribution in [0.3, 0.4) is 0 Å². The van der Waals surface area contributed by atoms with E-state index in [-0.39, 0.29) is 12.0 Å². The molecule has 2 unspecified atom stereocenters. The third-order valence-electron chi connectivity index (χ3n) is 3.70. The first-order valence-corrected chi connectivity index (χ1v) is 7.03. The van der Waals surface area contributed by atoms with Gasteiger partial charge in [-0.1, -0.05) is 6.92 Å². The number of aryl methyl sites for hydroxylation is 2. The smallest absolute Gasteiger partial charge is 0.140 e. The number of hydrogen-bond acceptors (Lipinski definition) is 4. The highest BCUT2D eigenvalue weighted by atomic mass is 16.5. The Labute approximate surface area is 114 Å². The van der Waals surface area contributed by atoms with Crippen molar-refractivity contribution in [3.8, 4) is 0 Å². The van der Waals surface area contributed by atoms with Gasteiger partial charge in [0.1, 0.15) is 5.78 Å². The van der Waals surface area contributed by atoms with Gasteiger partial charge in [-0.05, 0) is 25.5 Å². The van der Waals surface area contributed by atoms with Crippen LogP contribution in [0.5, 0.6) is 0 Å². The zero-order valence-electron chi connectivity index (χ0n) is 11.8. The quantitative estimate of drug-likeness (QED) is 0.797. The Balaban J connectivity index is 1.83. The van der Waals surface area contributed by atoms with Gasteiger partial charge in [-0.25, -0.2) is 0 Å². The van der Waals surface area contributed by atoms with Crippen LogP contribution in [-0.2, 0) is 23.0 Å². The minimum Gasteiger partial charge on any atom is -0.379 e. The second kappa shape index (κ2) is 6.82. The molecule has 106 valence electrons. The zero-order valence-corrected chi connectivity index (χ0v) is 11.8. The molecule has 1 fully saturated rings. The summed E-state index contributed by atoms with van der Waals surface area (Å²) in [5.74, 6) is 0.312. The van der Waals surface area contributed by atoms with Gasteiger partial charge in [0, 0.05) is 31.4 Å². The van der Waals surface area contributed by atoms with Gasteiger partial charge in [0.05, 0.1) is 19.1 Å². The van der Waals surface area contributed by atoms with Gasteiger partial charge >= 0.3 is 0 Å². The highest BCUT2D eigenvalue weighted by molar-refractivity contribution is 5.82. The SMILES string of the molecule is CCCNC1COCC1C(=O)CCc1ccnn1C. The molecule has 19 heavy (non-hydrogen) atoms. The first-order chi connectivity index (χ1) is 9.22. The van der Waals surface area contributed by atoms with Crippen LogP contribution in [0.15, 0.2) is 12.3 Å². The summed E-state index contributed by atoms with van der Waals surface area (Å²) < 4.78 is 7.27. The molecule has 1 saturated heterocycles. The van der Waals surface area contributed by atoms with Crippen molar-refractivity contribution in [2.24, 2.45) is 13.0 Å². The third kappa shape index (κ3) is 3.64. The van der Waals surface area contributed by atoms with E-state index < -0.39 is 0 Å². The molecule has 5 nitrogen and oxygen atoms in total. The molecule has 2 rings (SSSR count). The fraction of sp³-hybridized carbons (Fsp3) is 0.714. The normalized spacial score (nSPS) is 22.8. The third-order valence-corrected chi connectivity index (χ3v) is 3.70. The van der Waals surface area contributed by atoms with Crippen molar-refractivity contribution in [1.29, 1.82) is 0 Å². The summed E-state index contributed by atoms with van der Waals surface area (Å²) in [5, 5.41) is 7.52. The summed E-state index contributed by atoms with van der Waals surface area (Å²) in [6.07, 6.45) is 4.17. The molecule has 2 atom stereocenters. The maximum atomic E-state index is 12.3. The second-order valence-electron chi connectivity index (χ2n) is 5.12. The number of carbonyl (C=O) groups excluding carboxylic acids is 1. The summed E-state index contributed by atoms with van der Waals surface area (Å²) in [5.41, 5.74) is 1.10. The minimum absolute atomic E-state index is 0.0137. The average Bonchev–Trinajstić information content (AvgIpc) is 3.02. The number of rotatable bonds is 7. The van der Waals surface area contributed by atoms with E-state index >= 15 is 0 Å². The molecule has 0 saturated carbocycles. The molecule has 5 heteroatoms. The standard InChI is InChI=1S/C14H23N3O2/c1-3-7-15-13-10-19-9-12(13)14(18)5-4-11-6-8-16-17(11)2/h6,8,12-13,15H,3-5,7,9-10H2,1-2H3. The lowest BCUT2D eigenvalue weighted by Crippen LogP contribution is -2.39. The lowest BCUT2D eigenvalue weighted by molar-refractivity contribution is -0.123. The van der Waals surface area contributed by atoms with E-state index in [0.717, 1.165) is 25.1 Å². The fourth-order valence-electron chi connectivity index (χ4n) is 2.49. The van der Waals surface area contributed by atoms with Crippen molar-refractivity contribution in [2.45, 2.75) is 32.2 Å². The van der Waals surface area contributed by atoms with Crippen LogP contribution in [0, 0.1) is 5.92 Å². The fourth-order valence-corrected chi connectivity index (χ4v) is 2.49. The first kappa shape index (κ1) is 14.2. The largest absolute Gasteiger partial charge is 0.379 e. The van der Waals surface area contributed by atoms with Gasteiger partial charge in [-0.2, -0.15) is 5.10 Å². The highest BCUT2D eigenvalue weighted by Crippen LogP contribution is 2.17. The van der Waals surface area contributed by atoms with Gasteiger partial charge in [-0.15, -0.1) is 0 Å². The maximum Gasteiger partial charge on any atom is 0.140 e. The molecule has 1 N–H and O–H groups in total. The van der Waals surface area contributed by atoms with Gasteiger partial charge < -0.3 is 10.1 Å². The van der Waals surface area contributed by atoms with Crippen LogP contribution < -0.4 is 5.32 Å². The topological polar surface area (TPSA) is 56.1 Å². The number of ketones is 1. The molecule has 0 spiro atoms. The Hall–Kier alpha value is -1.20. The van der Waals surface area contributed by atoms with Crippen LogP contribution >= 0.6 is 0 Å². The van der Waals surface area contributed by atoms with Crippen molar-refractivity contribution in [3.63, 3.8) is 0 Å². The first-order valence-electron chi connectivity index (χ1n) is 7.03. The molecule has 0 amide bonds. The van der Waals surface area contributed by atoms with Crippen molar-refractivity contribution >= 4 is 5.78 Å². The Bertz CT molecular complexity index is 417. The molecule has 1 aliphatic rings. The number of ether oxygens (including phenoxy) is 1. The second-order valence-corrected chi connectivity index (χ2v) is 5.12. The summed E-state index contributed by atoms with van der Waals surface area (Å²) in [7, 11) is 1.91. The molecule has 2 heterocycles. The summed E-state index contributed by atoms with van der Waals surface area (Å²) in [4.78, 5) is 12.3. The van der Waals surface area contributed by atoms with E-state index in [0.29, 0.717) is 25.4 Å². The molecular weight excluding hydrogens is 242 g/mol. The van der Waals surface area contributed by atoms with Gasteiger partial charge in [0.2, 0.25) is 0 Å². The summed E-state index contributed by atoms with van der Waals surface area (Å²) in [6, 6.07) is 2.16. The minimum atomic E-state index is 0.0137. The van der Waals surface area contributed by atoms with E-state index in [1.54, 1.807) is 6.20 Å². The lowest BCUT2D eigenvalue weighted by atomic mass is 9.95. The summed E-state index contributed by atoms with van der Waals surface area (Å²) >= 11 is 0. The maximum absolute atomic E-state index is 12.3. The molecule has 0 bridgehead atoms. The van der Waals surface area contributed by atoms with Crippen LogP contribution in [-0.4, -0.2) is 41.4 Å². The predicted octanol–water partition coefficient (Wildman–Crippen LogP) is 0.936. The van der Waals surface area contributed by atoms with E-state index in [9.17, 15) is 4.79 Å². The molecule has 0 radical (unpaired) electrons.